The van der Waals surface area contributed by atoms with E-state index in [1.54, 1.807) is 0 Å². The molecule has 0 radical (unpaired) electrons. The quantitative estimate of drug-likeness (QED) is 0.666. The van der Waals surface area contributed by atoms with E-state index >= 15 is 0 Å². The molecule has 0 saturated heterocycles. The second-order valence-corrected chi connectivity index (χ2v) is 6.02. The maximum atomic E-state index is 12.0. The van der Waals surface area contributed by atoms with E-state index in [9.17, 15) is 4.79 Å². The van der Waals surface area contributed by atoms with E-state index in [4.69, 9.17) is 0 Å². The first-order valence-electron chi connectivity index (χ1n) is 7.10. The minimum absolute atomic E-state index is 0.222. The Balaban J connectivity index is 1.92. The average molecular weight is 394 g/mol. The second kappa shape index (κ2) is 8.02. The first kappa shape index (κ1) is 15.8. The molecule has 0 saturated carbocycles. The van der Waals surface area contributed by atoms with Crippen LogP contribution in [0.2, 0.25) is 0 Å². The van der Waals surface area contributed by atoms with Gasteiger partial charge in [-0.2, -0.15) is 0 Å². The SMILES string of the molecule is CCCCc1ccc(NC(=O)Nc2ccccc2I)cc1. The van der Waals surface area contributed by atoms with Gasteiger partial charge in [-0.25, -0.2) is 4.79 Å². The van der Waals surface area contributed by atoms with Crippen LogP contribution in [0.1, 0.15) is 25.3 Å². The van der Waals surface area contributed by atoms with Crippen LogP contribution in [-0.4, -0.2) is 6.03 Å². The maximum Gasteiger partial charge on any atom is 0.323 e. The molecule has 0 heterocycles. The van der Waals surface area contributed by atoms with Crippen LogP contribution in [0.4, 0.5) is 16.2 Å². The highest BCUT2D eigenvalue weighted by atomic mass is 127. The van der Waals surface area contributed by atoms with Gasteiger partial charge in [-0.05, 0) is 65.3 Å². The van der Waals surface area contributed by atoms with Crippen molar-refractivity contribution >= 4 is 40.0 Å². The standard InChI is InChI=1S/C17H19IN2O/c1-2-3-6-13-9-11-14(12-10-13)19-17(21)20-16-8-5-4-7-15(16)18/h4-5,7-12H,2-3,6H2,1H3,(H2,19,20,21). The van der Waals surface area contributed by atoms with E-state index in [1.165, 1.54) is 18.4 Å². The number of unbranched alkanes of at least 4 members (excludes halogenated alkanes) is 1. The van der Waals surface area contributed by atoms with Crippen LogP contribution < -0.4 is 10.6 Å². The van der Waals surface area contributed by atoms with Gasteiger partial charge in [0.05, 0.1) is 5.69 Å². The zero-order chi connectivity index (χ0) is 15.1. The van der Waals surface area contributed by atoms with E-state index in [0.29, 0.717) is 0 Å². The normalized spacial score (nSPS) is 10.2. The van der Waals surface area contributed by atoms with Crippen molar-refractivity contribution in [2.24, 2.45) is 0 Å². The molecular weight excluding hydrogens is 375 g/mol. The van der Waals surface area contributed by atoms with Gasteiger partial charge in [0.25, 0.3) is 0 Å². The molecular formula is C17H19IN2O. The summed E-state index contributed by atoms with van der Waals surface area (Å²) in [7, 11) is 0. The van der Waals surface area contributed by atoms with Crippen molar-refractivity contribution in [3.05, 3.63) is 57.7 Å². The molecule has 110 valence electrons. The Labute approximate surface area is 139 Å². The molecule has 0 spiro atoms. The Morgan fingerprint density at radius 2 is 1.76 bits per heavy atom. The number of nitrogens with one attached hydrogen (secondary N) is 2. The van der Waals surface area contributed by atoms with Crippen LogP contribution >= 0.6 is 22.6 Å². The Bertz CT molecular complexity index is 596. The first-order valence-corrected chi connectivity index (χ1v) is 8.18. The minimum Gasteiger partial charge on any atom is -0.308 e. The molecule has 0 aliphatic rings. The summed E-state index contributed by atoms with van der Waals surface area (Å²) in [5.41, 5.74) is 2.93. The van der Waals surface area contributed by atoms with Crippen LogP contribution in [0.25, 0.3) is 0 Å². The molecule has 0 aliphatic carbocycles. The van der Waals surface area contributed by atoms with Gasteiger partial charge in [-0.3, -0.25) is 0 Å². The Kier molecular flexibility index (Phi) is 6.04. The van der Waals surface area contributed by atoms with Crippen molar-refractivity contribution in [3.8, 4) is 0 Å². The third-order valence-electron chi connectivity index (χ3n) is 3.15. The monoisotopic (exact) mass is 394 g/mol. The van der Waals surface area contributed by atoms with Crippen molar-refractivity contribution < 1.29 is 4.79 Å². The number of hydrogen-bond acceptors (Lipinski definition) is 1. The molecule has 2 amide bonds. The molecule has 0 unspecified atom stereocenters. The van der Waals surface area contributed by atoms with E-state index in [2.05, 4.69) is 52.3 Å². The summed E-state index contributed by atoms with van der Waals surface area (Å²) in [4.78, 5) is 12.0. The molecule has 3 nitrogen and oxygen atoms in total. The molecule has 0 atom stereocenters. The molecule has 2 N–H and O–H groups in total. The smallest absolute Gasteiger partial charge is 0.308 e. The number of rotatable bonds is 5. The molecule has 4 heteroatoms. The van der Waals surface area contributed by atoms with Gasteiger partial charge in [0.1, 0.15) is 0 Å². The van der Waals surface area contributed by atoms with Crippen LogP contribution in [0.3, 0.4) is 0 Å². The van der Waals surface area contributed by atoms with Gasteiger partial charge < -0.3 is 10.6 Å². The summed E-state index contributed by atoms with van der Waals surface area (Å²) in [6, 6.07) is 15.5. The van der Waals surface area contributed by atoms with Crippen LogP contribution in [0, 0.1) is 3.57 Å². The minimum atomic E-state index is -0.222. The number of para-hydroxylation sites is 1. The van der Waals surface area contributed by atoms with Gasteiger partial charge >= 0.3 is 6.03 Å². The number of amides is 2. The lowest BCUT2D eigenvalue weighted by atomic mass is 10.1. The Hall–Kier alpha value is -1.56. The fourth-order valence-corrected chi connectivity index (χ4v) is 2.51. The number of anilines is 2. The molecule has 0 fully saturated rings. The maximum absolute atomic E-state index is 12.0. The van der Waals surface area contributed by atoms with Crippen molar-refractivity contribution in [2.45, 2.75) is 26.2 Å². The zero-order valence-corrected chi connectivity index (χ0v) is 14.2. The van der Waals surface area contributed by atoms with E-state index in [1.807, 2.05) is 36.4 Å². The van der Waals surface area contributed by atoms with Crippen LogP contribution in [-0.2, 0) is 6.42 Å². The first-order chi connectivity index (χ1) is 10.2. The topological polar surface area (TPSA) is 41.1 Å². The summed E-state index contributed by atoms with van der Waals surface area (Å²) in [6.07, 6.45) is 3.48. The number of hydrogen-bond donors (Lipinski definition) is 2. The fourth-order valence-electron chi connectivity index (χ4n) is 1.98. The van der Waals surface area contributed by atoms with E-state index < -0.39 is 0 Å². The Morgan fingerprint density at radius 3 is 2.43 bits per heavy atom. The summed E-state index contributed by atoms with van der Waals surface area (Å²) in [6.45, 7) is 2.19. The van der Waals surface area contributed by atoms with Crippen molar-refractivity contribution in [2.75, 3.05) is 10.6 Å². The van der Waals surface area contributed by atoms with Gasteiger partial charge in [-0.1, -0.05) is 37.6 Å². The molecule has 0 bridgehead atoms. The number of benzene rings is 2. The highest BCUT2D eigenvalue weighted by molar-refractivity contribution is 14.1. The van der Waals surface area contributed by atoms with Gasteiger partial charge in [-0.15, -0.1) is 0 Å². The molecule has 21 heavy (non-hydrogen) atoms. The number of carbonyl (C=O) groups is 1. The van der Waals surface area contributed by atoms with Crippen molar-refractivity contribution in [1.82, 2.24) is 0 Å². The fraction of sp³-hybridized carbons (Fsp3) is 0.235. The van der Waals surface area contributed by atoms with Crippen molar-refractivity contribution in [3.63, 3.8) is 0 Å². The lowest BCUT2D eigenvalue weighted by molar-refractivity contribution is 0.262. The summed E-state index contributed by atoms with van der Waals surface area (Å²) < 4.78 is 1.01. The predicted molar refractivity (Wildman–Crippen MR) is 96.9 cm³/mol. The number of carbonyl (C=O) groups excluding carboxylic acids is 1. The van der Waals surface area contributed by atoms with E-state index in [0.717, 1.165) is 21.4 Å². The zero-order valence-electron chi connectivity index (χ0n) is 12.0. The Morgan fingerprint density at radius 1 is 1.05 bits per heavy atom. The van der Waals surface area contributed by atoms with Gasteiger partial charge in [0, 0.05) is 9.26 Å². The average Bonchev–Trinajstić information content (AvgIpc) is 2.49. The highest BCUT2D eigenvalue weighted by Gasteiger charge is 2.05. The van der Waals surface area contributed by atoms with Crippen LogP contribution in [0.15, 0.2) is 48.5 Å². The number of aryl methyl sites for hydroxylation is 1. The van der Waals surface area contributed by atoms with Gasteiger partial charge in [0.2, 0.25) is 0 Å². The largest absolute Gasteiger partial charge is 0.323 e. The highest BCUT2D eigenvalue weighted by Crippen LogP contribution is 2.17. The summed E-state index contributed by atoms with van der Waals surface area (Å²) in [5.74, 6) is 0. The number of halogens is 1. The number of urea groups is 1. The molecule has 2 aromatic rings. The van der Waals surface area contributed by atoms with Gasteiger partial charge in [0.15, 0.2) is 0 Å². The van der Waals surface area contributed by atoms with Crippen molar-refractivity contribution in [1.29, 1.82) is 0 Å². The summed E-state index contributed by atoms with van der Waals surface area (Å²) in [5, 5.41) is 5.70. The van der Waals surface area contributed by atoms with Crippen LogP contribution in [0.5, 0.6) is 0 Å². The molecule has 0 aromatic heterocycles. The van der Waals surface area contributed by atoms with E-state index in [-0.39, 0.29) is 6.03 Å². The molecule has 0 aliphatic heterocycles. The molecule has 2 rings (SSSR count). The molecule has 2 aromatic carbocycles. The lowest BCUT2D eigenvalue weighted by Gasteiger charge is -2.09. The predicted octanol–water partition coefficient (Wildman–Crippen LogP) is 5.28. The lowest BCUT2D eigenvalue weighted by Crippen LogP contribution is -2.19. The third-order valence-corrected chi connectivity index (χ3v) is 4.09. The second-order valence-electron chi connectivity index (χ2n) is 4.86. The third kappa shape index (κ3) is 5.04. The summed E-state index contributed by atoms with van der Waals surface area (Å²) >= 11 is 2.20.